The summed E-state index contributed by atoms with van der Waals surface area (Å²) >= 11 is 7.70. The third-order valence-corrected chi connectivity index (χ3v) is 6.20. The van der Waals surface area contributed by atoms with Gasteiger partial charge in [0.05, 0.1) is 10.4 Å². The number of ether oxygens (including phenoxy) is 1. The second-order valence-corrected chi connectivity index (χ2v) is 8.17. The van der Waals surface area contributed by atoms with E-state index in [1.165, 1.54) is 17.7 Å². The molecule has 2 aliphatic rings. The zero-order valence-electron chi connectivity index (χ0n) is 11.8. The molecule has 106 valence electrons. The van der Waals surface area contributed by atoms with Crippen molar-refractivity contribution >= 4 is 22.9 Å². The van der Waals surface area contributed by atoms with Crippen LogP contribution in [0.2, 0.25) is 4.34 Å². The largest absolute Gasteiger partial charge is 0.377 e. The lowest BCUT2D eigenvalue weighted by molar-refractivity contribution is -0.194. The number of halogens is 1. The molecule has 4 atom stereocenters. The Morgan fingerprint density at radius 1 is 1.47 bits per heavy atom. The number of rotatable bonds is 3. The number of hydrogen-bond donors (Lipinski definition) is 1. The Morgan fingerprint density at radius 2 is 2.26 bits per heavy atom. The molecule has 0 bridgehead atoms. The van der Waals surface area contributed by atoms with Crippen LogP contribution in [0.25, 0.3) is 0 Å². The first-order valence-electron chi connectivity index (χ1n) is 7.13. The third kappa shape index (κ3) is 2.35. The van der Waals surface area contributed by atoms with E-state index in [-0.39, 0.29) is 5.41 Å². The van der Waals surface area contributed by atoms with Gasteiger partial charge in [-0.25, -0.2) is 0 Å². The van der Waals surface area contributed by atoms with E-state index in [2.05, 4.69) is 32.2 Å². The summed E-state index contributed by atoms with van der Waals surface area (Å²) in [5.74, 6) is 0.682. The van der Waals surface area contributed by atoms with Crippen molar-refractivity contribution in [1.82, 2.24) is 5.32 Å². The summed E-state index contributed by atoms with van der Waals surface area (Å²) in [4.78, 5) is 1.32. The fourth-order valence-corrected chi connectivity index (χ4v) is 4.85. The van der Waals surface area contributed by atoms with Gasteiger partial charge in [-0.2, -0.15) is 0 Å². The average Bonchev–Trinajstić information content (AvgIpc) is 2.82. The van der Waals surface area contributed by atoms with Gasteiger partial charge in [-0.3, -0.25) is 0 Å². The maximum Gasteiger partial charge on any atom is 0.0931 e. The molecule has 1 saturated heterocycles. The van der Waals surface area contributed by atoms with E-state index in [9.17, 15) is 0 Å². The van der Waals surface area contributed by atoms with E-state index >= 15 is 0 Å². The van der Waals surface area contributed by atoms with Crippen LogP contribution >= 0.6 is 22.9 Å². The first kappa shape index (κ1) is 13.9. The van der Waals surface area contributed by atoms with Crippen LogP contribution in [0.1, 0.15) is 44.5 Å². The maximum atomic E-state index is 6.03. The van der Waals surface area contributed by atoms with Crippen LogP contribution in [-0.4, -0.2) is 18.8 Å². The summed E-state index contributed by atoms with van der Waals surface area (Å²) in [6.07, 6.45) is 2.94. The smallest absolute Gasteiger partial charge is 0.0931 e. The molecule has 0 aromatic carbocycles. The maximum absolute atomic E-state index is 6.03. The number of thiophene rings is 1. The normalized spacial score (nSPS) is 34.4. The van der Waals surface area contributed by atoms with E-state index in [0.29, 0.717) is 24.1 Å². The number of nitrogens with one attached hydrogen (secondary N) is 1. The van der Waals surface area contributed by atoms with Crippen molar-refractivity contribution in [3.8, 4) is 0 Å². The molecule has 1 aromatic heterocycles. The third-order valence-electron chi connectivity index (χ3n) is 4.78. The van der Waals surface area contributed by atoms with Gasteiger partial charge in [0.15, 0.2) is 0 Å². The highest BCUT2D eigenvalue weighted by atomic mass is 35.5. The van der Waals surface area contributed by atoms with Crippen LogP contribution < -0.4 is 5.32 Å². The Kier molecular flexibility index (Phi) is 3.67. The second kappa shape index (κ2) is 5.03. The van der Waals surface area contributed by atoms with Crippen molar-refractivity contribution in [1.29, 1.82) is 0 Å². The highest BCUT2D eigenvalue weighted by molar-refractivity contribution is 7.16. The molecule has 1 N–H and O–H groups in total. The minimum Gasteiger partial charge on any atom is -0.377 e. The average molecular weight is 300 g/mol. The van der Waals surface area contributed by atoms with E-state index in [1.807, 2.05) is 6.07 Å². The molecule has 1 aliphatic heterocycles. The van der Waals surface area contributed by atoms with E-state index in [0.717, 1.165) is 10.9 Å². The lowest BCUT2D eigenvalue weighted by Gasteiger charge is -2.60. The van der Waals surface area contributed by atoms with Crippen LogP contribution in [0, 0.1) is 11.3 Å². The van der Waals surface area contributed by atoms with Crippen molar-refractivity contribution in [3.63, 3.8) is 0 Å². The summed E-state index contributed by atoms with van der Waals surface area (Å²) in [5, 5.41) is 3.81. The van der Waals surface area contributed by atoms with Crippen LogP contribution in [-0.2, 0) is 4.74 Å². The summed E-state index contributed by atoms with van der Waals surface area (Å²) in [6.45, 7) is 7.82. The fraction of sp³-hybridized carbons (Fsp3) is 0.733. The first-order chi connectivity index (χ1) is 9.00. The van der Waals surface area contributed by atoms with Gasteiger partial charge in [0.2, 0.25) is 0 Å². The molecule has 1 aromatic rings. The van der Waals surface area contributed by atoms with E-state index in [4.69, 9.17) is 16.3 Å². The molecular formula is C15H22ClNOS. The predicted molar refractivity (Wildman–Crippen MR) is 80.9 cm³/mol. The zero-order valence-corrected chi connectivity index (χ0v) is 13.4. The van der Waals surface area contributed by atoms with Gasteiger partial charge in [-0.15, -0.1) is 11.3 Å². The van der Waals surface area contributed by atoms with Crippen LogP contribution in [0.15, 0.2) is 12.1 Å². The van der Waals surface area contributed by atoms with Crippen molar-refractivity contribution in [2.24, 2.45) is 11.3 Å². The molecule has 1 aliphatic carbocycles. The van der Waals surface area contributed by atoms with E-state index < -0.39 is 0 Å². The van der Waals surface area contributed by atoms with Gasteiger partial charge < -0.3 is 10.1 Å². The van der Waals surface area contributed by atoms with Gasteiger partial charge in [0, 0.05) is 34.9 Å². The molecule has 19 heavy (non-hydrogen) atoms. The number of fused-ring (bicyclic) bond motifs is 1. The standard InChI is InChI=1S/C15H22ClNOS/c1-9(11-6-7-12(16)19-11)17-13-10-5-4-8-18-14(10)15(13,2)3/h6-7,9-10,13-14,17H,4-5,8H2,1-3H3. The Morgan fingerprint density at radius 3 is 2.95 bits per heavy atom. The lowest BCUT2D eigenvalue weighted by Crippen LogP contribution is -2.69. The van der Waals surface area contributed by atoms with Crippen LogP contribution in [0.4, 0.5) is 0 Å². The van der Waals surface area contributed by atoms with Crippen LogP contribution in [0.3, 0.4) is 0 Å². The van der Waals surface area contributed by atoms with Gasteiger partial charge in [-0.05, 0) is 31.9 Å². The Balaban J connectivity index is 1.69. The molecule has 3 rings (SSSR count). The Bertz CT molecular complexity index is 459. The van der Waals surface area contributed by atoms with E-state index in [1.54, 1.807) is 11.3 Å². The summed E-state index contributed by atoms with van der Waals surface area (Å²) in [7, 11) is 0. The SMILES string of the molecule is CC(NC1C2CCCOC2C1(C)C)c1ccc(Cl)s1. The highest BCUT2D eigenvalue weighted by Gasteiger charge is 2.57. The predicted octanol–water partition coefficient (Wildman–Crippen LogP) is 4.26. The van der Waals surface area contributed by atoms with Crippen molar-refractivity contribution < 1.29 is 4.74 Å². The summed E-state index contributed by atoms with van der Waals surface area (Å²) in [5.41, 5.74) is 0.237. The van der Waals surface area contributed by atoms with Gasteiger partial charge in [-0.1, -0.05) is 25.4 Å². The second-order valence-electron chi connectivity index (χ2n) is 6.43. The quantitative estimate of drug-likeness (QED) is 0.900. The molecule has 0 radical (unpaired) electrons. The molecule has 1 saturated carbocycles. The number of hydrogen-bond acceptors (Lipinski definition) is 3. The molecule has 2 fully saturated rings. The Hall–Kier alpha value is -0.0900. The highest BCUT2D eigenvalue weighted by Crippen LogP contribution is 2.52. The van der Waals surface area contributed by atoms with Gasteiger partial charge in [0.25, 0.3) is 0 Å². The van der Waals surface area contributed by atoms with Crippen molar-refractivity contribution in [3.05, 3.63) is 21.3 Å². The summed E-state index contributed by atoms with van der Waals surface area (Å²) in [6, 6.07) is 5.03. The first-order valence-corrected chi connectivity index (χ1v) is 8.32. The molecular weight excluding hydrogens is 278 g/mol. The molecule has 0 amide bonds. The fourth-order valence-electron chi connectivity index (χ4n) is 3.77. The lowest BCUT2D eigenvalue weighted by atomic mass is 9.55. The monoisotopic (exact) mass is 299 g/mol. The summed E-state index contributed by atoms with van der Waals surface area (Å²) < 4.78 is 6.83. The van der Waals surface area contributed by atoms with Crippen LogP contribution in [0.5, 0.6) is 0 Å². The molecule has 4 unspecified atom stereocenters. The molecule has 2 heterocycles. The molecule has 2 nitrogen and oxygen atoms in total. The van der Waals surface area contributed by atoms with Crippen molar-refractivity contribution in [2.75, 3.05) is 6.61 Å². The minimum absolute atomic E-state index is 0.237. The Labute approximate surface area is 124 Å². The molecule has 4 heteroatoms. The topological polar surface area (TPSA) is 21.3 Å². The van der Waals surface area contributed by atoms with Crippen molar-refractivity contribution in [2.45, 2.75) is 51.8 Å². The van der Waals surface area contributed by atoms with Gasteiger partial charge >= 0.3 is 0 Å². The molecule has 0 spiro atoms. The minimum atomic E-state index is 0.237. The zero-order chi connectivity index (χ0) is 13.6. The van der Waals surface area contributed by atoms with Gasteiger partial charge in [0.1, 0.15) is 0 Å².